The molecule has 0 spiro atoms. The number of piperazine rings is 1. The van der Waals surface area contributed by atoms with Crippen molar-refractivity contribution in [3.8, 4) is 0 Å². The Bertz CT molecular complexity index is 931. The molecule has 2 aliphatic heterocycles. The molecule has 2 aromatic rings. The molecule has 2 heterocycles. The summed E-state index contributed by atoms with van der Waals surface area (Å²) in [6.45, 7) is 5.06. The van der Waals surface area contributed by atoms with Crippen molar-refractivity contribution in [1.82, 2.24) is 9.91 Å². The summed E-state index contributed by atoms with van der Waals surface area (Å²) in [5.74, 6) is -0.651. The third kappa shape index (κ3) is 3.55. The van der Waals surface area contributed by atoms with Crippen LogP contribution in [0.15, 0.2) is 53.6 Å². The van der Waals surface area contributed by atoms with Crippen molar-refractivity contribution in [2.24, 2.45) is 5.10 Å². The average molecular weight is 376 g/mol. The summed E-state index contributed by atoms with van der Waals surface area (Å²) in [5.41, 5.74) is 3.81. The van der Waals surface area contributed by atoms with Crippen molar-refractivity contribution in [3.63, 3.8) is 0 Å². The number of amides is 1. The number of rotatable bonds is 4. The van der Waals surface area contributed by atoms with E-state index in [2.05, 4.69) is 17.3 Å². The van der Waals surface area contributed by atoms with Gasteiger partial charge in [0.25, 0.3) is 0 Å². The lowest BCUT2D eigenvalue weighted by molar-refractivity contribution is -0.115. The number of carbonyl (C=O) groups excluding carboxylic acids is 2. The van der Waals surface area contributed by atoms with Gasteiger partial charge in [-0.2, -0.15) is 5.10 Å². The summed E-state index contributed by atoms with van der Waals surface area (Å²) in [4.78, 5) is 27.1. The first-order chi connectivity index (χ1) is 13.5. The SMILES string of the molecule is CC(=O)c1ccc2c(c1)C(C(=NN1CCN(C)CC1)c1ccccc1)C(=O)N2. The largest absolute Gasteiger partial charge is 0.325 e. The molecule has 4 rings (SSSR count). The highest BCUT2D eigenvalue weighted by molar-refractivity contribution is 6.23. The number of benzene rings is 2. The fraction of sp³-hybridized carbons (Fsp3) is 0.318. The van der Waals surface area contributed by atoms with Gasteiger partial charge in [-0.25, -0.2) is 0 Å². The third-order valence-electron chi connectivity index (χ3n) is 5.36. The summed E-state index contributed by atoms with van der Waals surface area (Å²) in [5, 5.41) is 9.92. The molecule has 28 heavy (non-hydrogen) atoms. The minimum Gasteiger partial charge on any atom is -0.325 e. The first-order valence-corrected chi connectivity index (χ1v) is 9.56. The Hall–Kier alpha value is -2.99. The first-order valence-electron chi connectivity index (χ1n) is 9.56. The smallest absolute Gasteiger partial charge is 0.238 e. The molecule has 1 unspecified atom stereocenters. The molecule has 0 aliphatic carbocycles. The maximum absolute atomic E-state index is 12.9. The van der Waals surface area contributed by atoms with Crippen molar-refractivity contribution in [3.05, 3.63) is 65.2 Å². The Morgan fingerprint density at radius 3 is 2.43 bits per heavy atom. The van der Waals surface area contributed by atoms with E-state index in [4.69, 9.17) is 5.10 Å². The summed E-state index contributed by atoms with van der Waals surface area (Å²) < 4.78 is 0. The molecule has 1 atom stereocenters. The predicted octanol–water partition coefficient (Wildman–Crippen LogP) is 2.58. The standard InChI is InChI=1S/C22H24N4O2/c1-15(27)17-8-9-19-18(14-17)20(22(28)23-19)21(16-6-4-3-5-7-16)24-26-12-10-25(2)11-13-26/h3-9,14,20H,10-13H2,1-2H3,(H,23,28). The number of hydrazone groups is 1. The van der Waals surface area contributed by atoms with Crippen molar-refractivity contribution in [2.45, 2.75) is 12.8 Å². The molecule has 0 aromatic heterocycles. The van der Waals surface area contributed by atoms with Gasteiger partial charge in [-0.1, -0.05) is 30.3 Å². The lowest BCUT2D eigenvalue weighted by atomic mass is 9.89. The minimum atomic E-state index is -0.531. The number of nitrogens with one attached hydrogen (secondary N) is 1. The van der Waals surface area contributed by atoms with Crippen LogP contribution < -0.4 is 5.32 Å². The molecule has 1 N–H and O–H groups in total. The molecule has 2 aliphatic rings. The quantitative estimate of drug-likeness (QED) is 0.658. The molecule has 6 nitrogen and oxygen atoms in total. The highest BCUT2D eigenvalue weighted by Crippen LogP contribution is 2.36. The Labute approximate surface area is 164 Å². The highest BCUT2D eigenvalue weighted by atomic mass is 16.2. The summed E-state index contributed by atoms with van der Waals surface area (Å²) in [7, 11) is 2.10. The van der Waals surface area contributed by atoms with Crippen LogP contribution in [0.2, 0.25) is 0 Å². The number of nitrogens with zero attached hydrogens (tertiary/aromatic N) is 3. The number of anilines is 1. The molecular weight excluding hydrogens is 352 g/mol. The van der Waals surface area contributed by atoms with Crippen LogP contribution in [0, 0.1) is 0 Å². The molecule has 2 aromatic carbocycles. The van der Waals surface area contributed by atoms with Crippen LogP contribution in [0.4, 0.5) is 5.69 Å². The fourth-order valence-electron chi connectivity index (χ4n) is 3.69. The van der Waals surface area contributed by atoms with Gasteiger partial charge in [0.1, 0.15) is 5.92 Å². The maximum atomic E-state index is 12.9. The number of Topliss-reactive ketones (excluding diaryl/α,β-unsaturated/α-hetero) is 1. The van der Waals surface area contributed by atoms with Crippen LogP contribution in [-0.2, 0) is 4.79 Å². The average Bonchev–Trinajstić information content (AvgIpc) is 3.03. The van der Waals surface area contributed by atoms with Crippen molar-refractivity contribution in [1.29, 1.82) is 0 Å². The molecule has 1 amide bonds. The van der Waals surface area contributed by atoms with E-state index < -0.39 is 5.92 Å². The summed E-state index contributed by atoms with van der Waals surface area (Å²) >= 11 is 0. The van der Waals surface area contributed by atoms with Gasteiger partial charge in [-0.3, -0.25) is 14.6 Å². The van der Waals surface area contributed by atoms with Crippen LogP contribution in [-0.4, -0.2) is 60.5 Å². The number of carbonyl (C=O) groups is 2. The van der Waals surface area contributed by atoms with E-state index in [1.807, 2.05) is 47.5 Å². The molecule has 0 saturated carbocycles. The van der Waals surface area contributed by atoms with Gasteiger partial charge in [0.05, 0.1) is 5.71 Å². The second kappa shape index (κ2) is 7.56. The van der Waals surface area contributed by atoms with E-state index in [-0.39, 0.29) is 11.7 Å². The highest BCUT2D eigenvalue weighted by Gasteiger charge is 2.36. The minimum absolute atomic E-state index is 0.0156. The number of hydrogen-bond acceptors (Lipinski definition) is 5. The molecule has 0 bridgehead atoms. The fourth-order valence-corrected chi connectivity index (χ4v) is 3.69. The second-order valence-electron chi connectivity index (χ2n) is 7.39. The Morgan fingerprint density at radius 1 is 1.04 bits per heavy atom. The van der Waals surface area contributed by atoms with Gasteiger partial charge >= 0.3 is 0 Å². The first kappa shape index (κ1) is 18.4. The second-order valence-corrected chi connectivity index (χ2v) is 7.39. The van der Waals surface area contributed by atoms with Crippen molar-refractivity contribution in [2.75, 3.05) is 38.5 Å². The normalized spacial score (nSPS) is 20.1. The van der Waals surface area contributed by atoms with E-state index in [1.54, 1.807) is 6.07 Å². The summed E-state index contributed by atoms with van der Waals surface area (Å²) in [6.07, 6.45) is 0. The van der Waals surface area contributed by atoms with Gasteiger partial charge in [-0.05, 0) is 43.3 Å². The van der Waals surface area contributed by atoms with Crippen molar-refractivity contribution < 1.29 is 9.59 Å². The van der Waals surface area contributed by atoms with E-state index in [0.29, 0.717) is 5.56 Å². The van der Waals surface area contributed by atoms with Crippen LogP contribution >= 0.6 is 0 Å². The number of likely N-dealkylation sites (N-methyl/N-ethyl adjacent to an activating group) is 1. The Balaban J connectivity index is 1.78. The van der Waals surface area contributed by atoms with Crippen LogP contribution in [0.3, 0.4) is 0 Å². The zero-order valence-electron chi connectivity index (χ0n) is 16.2. The van der Waals surface area contributed by atoms with E-state index >= 15 is 0 Å². The zero-order chi connectivity index (χ0) is 19.7. The molecule has 0 radical (unpaired) electrons. The summed E-state index contributed by atoms with van der Waals surface area (Å²) in [6, 6.07) is 15.2. The molecule has 1 fully saturated rings. The number of fused-ring (bicyclic) bond motifs is 1. The predicted molar refractivity (Wildman–Crippen MR) is 110 cm³/mol. The zero-order valence-corrected chi connectivity index (χ0v) is 16.2. The van der Waals surface area contributed by atoms with E-state index in [1.165, 1.54) is 6.92 Å². The molecule has 144 valence electrons. The number of hydrogen-bond donors (Lipinski definition) is 1. The molecule has 1 saturated heterocycles. The lowest BCUT2D eigenvalue weighted by Gasteiger charge is -2.31. The monoisotopic (exact) mass is 376 g/mol. The molecular formula is C22H24N4O2. The lowest BCUT2D eigenvalue weighted by Crippen LogP contribution is -2.42. The van der Waals surface area contributed by atoms with Crippen LogP contribution in [0.25, 0.3) is 0 Å². The number of ketones is 1. The van der Waals surface area contributed by atoms with Gasteiger partial charge < -0.3 is 10.2 Å². The maximum Gasteiger partial charge on any atom is 0.238 e. The van der Waals surface area contributed by atoms with Gasteiger partial charge in [0, 0.05) is 37.4 Å². The van der Waals surface area contributed by atoms with E-state index in [0.717, 1.165) is 48.7 Å². The van der Waals surface area contributed by atoms with Gasteiger partial charge in [-0.15, -0.1) is 0 Å². The Kier molecular flexibility index (Phi) is 4.96. The van der Waals surface area contributed by atoms with E-state index in [9.17, 15) is 9.59 Å². The van der Waals surface area contributed by atoms with Gasteiger partial charge in [0.15, 0.2) is 5.78 Å². The van der Waals surface area contributed by atoms with Crippen LogP contribution in [0.5, 0.6) is 0 Å². The van der Waals surface area contributed by atoms with Crippen molar-refractivity contribution >= 4 is 23.1 Å². The topological polar surface area (TPSA) is 65.0 Å². The van der Waals surface area contributed by atoms with Gasteiger partial charge in [0.2, 0.25) is 5.91 Å². The molecule has 6 heteroatoms. The third-order valence-corrected chi connectivity index (χ3v) is 5.36. The van der Waals surface area contributed by atoms with Crippen LogP contribution in [0.1, 0.15) is 34.3 Å². The Morgan fingerprint density at radius 2 is 1.75 bits per heavy atom.